The van der Waals surface area contributed by atoms with Crippen LogP contribution in [0.1, 0.15) is 5.56 Å². The molecule has 1 aromatic heterocycles. The van der Waals surface area contributed by atoms with Gasteiger partial charge in [0.25, 0.3) is 10.0 Å². The second-order valence-electron chi connectivity index (χ2n) is 6.91. The van der Waals surface area contributed by atoms with Crippen molar-refractivity contribution in [3.05, 3.63) is 48.2 Å². The monoisotopic (exact) mass is 373 g/mol. The highest BCUT2D eigenvalue weighted by molar-refractivity contribution is 7.90. The Morgan fingerprint density at radius 3 is 2.46 bits per heavy atom. The van der Waals surface area contributed by atoms with E-state index in [9.17, 15) is 12.8 Å². The Balaban J connectivity index is 1.38. The number of benzene rings is 1. The molecular formula is C17H16FN5O2S. The maximum atomic E-state index is 13.9. The molecule has 0 amide bonds. The Morgan fingerprint density at radius 1 is 1.04 bits per heavy atom. The molecule has 134 valence electrons. The molecule has 5 rings (SSSR count). The summed E-state index contributed by atoms with van der Waals surface area (Å²) in [4.78, 5) is 12.0. The van der Waals surface area contributed by atoms with Crippen LogP contribution in [-0.2, 0) is 10.0 Å². The predicted molar refractivity (Wildman–Crippen MR) is 92.9 cm³/mol. The van der Waals surface area contributed by atoms with Crippen molar-refractivity contribution in [2.24, 2.45) is 16.2 Å². The van der Waals surface area contributed by atoms with Crippen molar-refractivity contribution in [3.63, 3.8) is 0 Å². The molecule has 0 radical (unpaired) electrons. The first kappa shape index (κ1) is 15.7. The quantitative estimate of drug-likeness (QED) is 0.746. The van der Waals surface area contributed by atoms with Gasteiger partial charge in [0.2, 0.25) is 0 Å². The number of likely N-dealkylation sites (tertiary alicyclic amines) is 1. The predicted octanol–water partition coefficient (Wildman–Crippen LogP) is 1.13. The Kier molecular flexibility index (Phi) is 3.30. The number of sulfonamides is 1. The number of anilines is 1. The molecule has 7 nitrogen and oxygen atoms in total. The summed E-state index contributed by atoms with van der Waals surface area (Å²) in [7, 11) is -3.61. The molecule has 2 unspecified atom stereocenters. The van der Waals surface area contributed by atoms with E-state index >= 15 is 0 Å². The molecule has 2 fully saturated rings. The molecular weight excluding hydrogens is 357 g/mol. The molecule has 2 saturated heterocycles. The summed E-state index contributed by atoms with van der Waals surface area (Å²) in [6, 6.07) is 6.93. The van der Waals surface area contributed by atoms with Crippen LogP contribution in [0.5, 0.6) is 0 Å². The van der Waals surface area contributed by atoms with Crippen LogP contribution in [0.15, 0.2) is 46.1 Å². The van der Waals surface area contributed by atoms with E-state index in [0.29, 0.717) is 55.2 Å². The van der Waals surface area contributed by atoms with Gasteiger partial charge in [0.1, 0.15) is 11.2 Å². The number of rotatable bonds is 1. The van der Waals surface area contributed by atoms with Gasteiger partial charge < -0.3 is 9.80 Å². The molecule has 26 heavy (non-hydrogen) atoms. The normalized spacial score (nSPS) is 26.0. The number of fused-ring (bicyclic) bond motifs is 2. The average molecular weight is 373 g/mol. The molecule has 4 heterocycles. The van der Waals surface area contributed by atoms with Crippen molar-refractivity contribution in [3.8, 4) is 0 Å². The summed E-state index contributed by atoms with van der Waals surface area (Å²) < 4.78 is 42.5. The van der Waals surface area contributed by atoms with Gasteiger partial charge in [-0.25, -0.2) is 14.4 Å². The average Bonchev–Trinajstić information content (AvgIpc) is 3.26. The van der Waals surface area contributed by atoms with E-state index in [-0.39, 0.29) is 4.90 Å². The first-order valence-electron chi connectivity index (χ1n) is 8.43. The van der Waals surface area contributed by atoms with E-state index in [1.54, 1.807) is 18.2 Å². The van der Waals surface area contributed by atoms with Crippen molar-refractivity contribution in [2.75, 3.05) is 31.1 Å². The van der Waals surface area contributed by atoms with Gasteiger partial charge in [0.15, 0.2) is 17.5 Å². The highest BCUT2D eigenvalue weighted by Crippen LogP contribution is 2.37. The Labute approximate surface area is 150 Å². The summed E-state index contributed by atoms with van der Waals surface area (Å²) >= 11 is 0. The lowest BCUT2D eigenvalue weighted by molar-refractivity contribution is 0.476. The molecule has 0 spiro atoms. The molecule has 0 bridgehead atoms. The van der Waals surface area contributed by atoms with Crippen LogP contribution in [0.3, 0.4) is 0 Å². The number of hydrogen-bond donors (Lipinski definition) is 0. The minimum Gasteiger partial charge on any atom is -0.355 e. The largest absolute Gasteiger partial charge is 0.355 e. The van der Waals surface area contributed by atoms with Crippen LogP contribution in [0, 0.1) is 17.7 Å². The van der Waals surface area contributed by atoms with Crippen molar-refractivity contribution in [2.45, 2.75) is 4.90 Å². The second-order valence-corrected chi connectivity index (χ2v) is 8.48. The molecule has 9 heteroatoms. The fourth-order valence-electron chi connectivity index (χ4n) is 4.19. The lowest BCUT2D eigenvalue weighted by Crippen LogP contribution is -2.33. The summed E-state index contributed by atoms with van der Waals surface area (Å²) in [6.45, 7) is 2.79. The maximum Gasteiger partial charge on any atom is 0.285 e. The minimum absolute atomic E-state index is 0.275. The van der Waals surface area contributed by atoms with Gasteiger partial charge in [-0.2, -0.15) is 8.42 Å². The first-order chi connectivity index (χ1) is 12.5. The zero-order valence-corrected chi connectivity index (χ0v) is 14.6. The van der Waals surface area contributed by atoms with Gasteiger partial charge in [-0.1, -0.05) is 12.1 Å². The highest BCUT2D eigenvalue weighted by atomic mass is 32.2. The van der Waals surface area contributed by atoms with Gasteiger partial charge in [0, 0.05) is 43.6 Å². The third-order valence-corrected chi connectivity index (χ3v) is 6.67. The van der Waals surface area contributed by atoms with E-state index in [2.05, 4.69) is 14.4 Å². The molecule has 0 saturated carbocycles. The Bertz CT molecular complexity index is 1010. The molecule has 1 aromatic carbocycles. The lowest BCUT2D eigenvalue weighted by atomic mass is 10.0. The minimum atomic E-state index is -3.61. The van der Waals surface area contributed by atoms with Crippen molar-refractivity contribution in [1.29, 1.82) is 0 Å². The molecule has 3 aliphatic heterocycles. The van der Waals surface area contributed by atoms with Crippen LogP contribution >= 0.6 is 0 Å². The zero-order valence-electron chi connectivity index (χ0n) is 13.8. The first-order valence-corrected chi connectivity index (χ1v) is 9.87. The van der Waals surface area contributed by atoms with Crippen LogP contribution in [-0.4, -0.2) is 55.3 Å². The Morgan fingerprint density at radius 2 is 1.73 bits per heavy atom. The van der Waals surface area contributed by atoms with E-state index < -0.39 is 15.8 Å². The number of nitrogens with zero attached hydrogens (tertiary/aromatic N) is 5. The van der Waals surface area contributed by atoms with Gasteiger partial charge in [-0.05, 0) is 12.1 Å². The van der Waals surface area contributed by atoms with E-state index in [1.807, 2.05) is 15.9 Å². The molecule has 3 aliphatic rings. The van der Waals surface area contributed by atoms with Gasteiger partial charge >= 0.3 is 0 Å². The standard InChI is InChI=1S/C17H16FN5O2S/c18-14-5-19-10-20-17(14)23-8-11-6-22(7-12(11)9-23)16-13-3-1-2-4-15(13)26(24,25)21-16/h1-5,10-12H,6-9H2. The van der Waals surface area contributed by atoms with Crippen molar-refractivity contribution < 1.29 is 12.8 Å². The van der Waals surface area contributed by atoms with Crippen LogP contribution in [0.2, 0.25) is 0 Å². The van der Waals surface area contributed by atoms with Crippen LogP contribution < -0.4 is 4.90 Å². The zero-order chi connectivity index (χ0) is 17.9. The number of aromatic nitrogens is 2. The van der Waals surface area contributed by atoms with Gasteiger partial charge in [-0.3, -0.25) is 0 Å². The fourth-order valence-corrected chi connectivity index (χ4v) is 5.42. The molecule has 2 atom stereocenters. The van der Waals surface area contributed by atoms with E-state index in [1.165, 1.54) is 12.5 Å². The molecule has 2 aromatic rings. The summed E-state index contributed by atoms with van der Waals surface area (Å²) in [5, 5.41) is 0. The Hall–Kier alpha value is -2.55. The summed E-state index contributed by atoms with van der Waals surface area (Å²) in [6.07, 6.45) is 2.53. The maximum absolute atomic E-state index is 13.9. The summed E-state index contributed by atoms with van der Waals surface area (Å²) in [5.41, 5.74) is 0.672. The third-order valence-electron chi connectivity index (χ3n) is 5.35. The second kappa shape index (κ2) is 5.47. The SMILES string of the molecule is O=S1(=O)N=C(N2CC3CN(c4ncncc4F)CC3C2)c2ccccc21. The van der Waals surface area contributed by atoms with Crippen LogP contribution in [0.25, 0.3) is 0 Å². The fraction of sp³-hybridized carbons (Fsp3) is 0.353. The highest BCUT2D eigenvalue weighted by Gasteiger charge is 2.44. The summed E-state index contributed by atoms with van der Waals surface area (Å²) in [5.74, 6) is 1.11. The van der Waals surface area contributed by atoms with Gasteiger partial charge in [-0.15, -0.1) is 4.40 Å². The topological polar surface area (TPSA) is 78.8 Å². The molecule has 0 N–H and O–H groups in total. The van der Waals surface area contributed by atoms with Crippen LogP contribution in [0.4, 0.5) is 10.2 Å². The number of amidine groups is 1. The smallest absolute Gasteiger partial charge is 0.285 e. The van der Waals surface area contributed by atoms with E-state index in [4.69, 9.17) is 0 Å². The number of halogens is 1. The van der Waals surface area contributed by atoms with Crippen molar-refractivity contribution in [1.82, 2.24) is 14.9 Å². The third kappa shape index (κ3) is 2.30. The lowest BCUT2D eigenvalue weighted by Gasteiger charge is -2.23. The van der Waals surface area contributed by atoms with Crippen molar-refractivity contribution >= 4 is 21.7 Å². The molecule has 0 aliphatic carbocycles. The number of hydrogen-bond acceptors (Lipinski definition) is 6. The van der Waals surface area contributed by atoms with Gasteiger partial charge in [0.05, 0.1) is 6.20 Å². The van der Waals surface area contributed by atoms with E-state index in [0.717, 1.165) is 0 Å².